The molecular weight excluding hydrogens is 194 g/mol. The molecule has 0 aliphatic rings. The van der Waals surface area contributed by atoms with E-state index in [0.29, 0.717) is 0 Å². The van der Waals surface area contributed by atoms with Crippen LogP contribution in [0.4, 0.5) is 0 Å². The lowest BCUT2D eigenvalue weighted by Gasteiger charge is -2.19. The molecule has 0 bridgehead atoms. The van der Waals surface area contributed by atoms with Gasteiger partial charge in [-0.3, -0.25) is 4.79 Å². The summed E-state index contributed by atoms with van der Waals surface area (Å²) in [5, 5.41) is 11.8. The molecule has 0 unspecified atom stereocenters. The number of nitrogens with one attached hydrogen (secondary N) is 1. The number of nitrogens with zero attached hydrogens (tertiary/aromatic N) is 2. The molecule has 1 amide bonds. The van der Waals surface area contributed by atoms with Crippen molar-refractivity contribution in [1.29, 1.82) is 0 Å². The maximum absolute atomic E-state index is 11.5. The van der Waals surface area contributed by atoms with Gasteiger partial charge in [0, 0.05) is 12.4 Å². The third kappa shape index (κ3) is 3.71. The number of imidazole rings is 1. The van der Waals surface area contributed by atoms with Crippen molar-refractivity contribution in [2.24, 2.45) is 5.92 Å². The summed E-state index contributed by atoms with van der Waals surface area (Å²) in [5.41, 5.74) is 0. The number of hydrogen-bond acceptors (Lipinski definition) is 3. The van der Waals surface area contributed by atoms with Crippen LogP contribution in [-0.2, 0) is 11.3 Å². The molecule has 0 radical (unpaired) electrons. The lowest BCUT2D eigenvalue weighted by molar-refractivity contribution is -0.123. The van der Waals surface area contributed by atoms with E-state index in [-0.39, 0.29) is 31.0 Å². The average molecular weight is 211 g/mol. The van der Waals surface area contributed by atoms with Crippen molar-refractivity contribution < 1.29 is 9.90 Å². The van der Waals surface area contributed by atoms with Crippen molar-refractivity contribution in [3.63, 3.8) is 0 Å². The molecule has 0 aromatic carbocycles. The van der Waals surface area contributed by atoms with Gasteiger partial charge < -0.3 is 15.0 Å². The molecule has 0 fully saturated rings. The van der Waals surface area contributed by atoms with Crippen LogP contribution in [0.25, 0.3) is 0 Å². The maximum atomic E-state index is 11.5. The number of rotatable bonds is 5. The van der Waals surface area contributed by atoms with E-state index in [0.717, 1.165) is 0 Å². The lowest BCUT2D eigenvalue weighted by atomic mass is 10.1. The van der Waals surface area contributed by atoms with Crippen LogP contribution in [0.1, 0.15) is 13.8 Å². The van der Waals surface area contributed by atoms with Crippen LogP contribution in [0.2, 0.25) is 0 Å². The first-order valence-corrected chi connectivity index (χ1v) is 4.99. The van der Waals surface area contributed by atoms with E-state index in [1.165, 1.54) is 0 Å². The van der Waals surface area contributed by atoms with Crippen LogP contribution in [0.3, 0.4) is 0 Å². The third-order valence-corrected chi connectivity index (χ3v) is 2.23. The Balaban J connectivity index is 2.41. The van der Waals surface area contributed by atoms with Gasteiger partial charge in [0.2, 0.25) is 5.91 Å². The Bertz CT molecular complexity index is 296. The fourth-order valence-electron chi connectivity index (χ4n) is 1.22. The van der Waals surface area contributed by atoms with Crippen LogP contribution in [0, 0.1) is 5.92 Å². The zero-order valence-corrected chi connectivity index (χ0v) is 9.05. The van der Waals surface area contributed by atoms with Gasteiger partial charge in [0.25, 0.3) is 0 Å². The summed E-state index contributed by atoms with van der Waals surface area (Å²) < 4.78 is 1.68. The summed E-state index contributed by atoms with van der Waals surface area (Å²) in [6.07, 6.45) is 4.94. The Morgan fingerprint density at radius 2 is 2.33 bits per heavy atom. The number of carbonyl (C=O) groups is 1. The second-order valence-electron chi connectivity index (χ2n) is 3.84. The number of aromatic nitrogens is 2. The molecule has 0 aliphatic heterocycles. The van der Waals surface area contributed by atoms with Crippen molar-refractivity contribution in [1.82, 2.24) is 14.9 Å². The van der Waals surface area contributed by atoms with Gasteiger partial charge in [-0.1, -0.05) is 13.8 Å². The van der Waals surface area contributed by atoms with Crippen LogP contribution >= 0.6 is 0 Å². The van der Waals surface area contributed by atoms with Gasteiger partial charge in [-0.25, -0.2) is 4.98 Å². The van der Waals surface area contributed by atoms with Gasteiger partial charge in [-0.05, 0) is 5.92 Å². The number of aliphatic hydroxyl groups is 1. The average Bonchev–Trinajstić information content (AvgIpc) is 2.66. The van der Waals surface area contributed by atoms with Crippen LogP contribution in [0.15, 0.2) is 18.7 Å². The van der Waals surface area contributed by atoms with Crippen LogP contribution in [-0.4, -0.2) is 33.2 Å². The zero-order chi connectivity index (χ0) is 11.3. The third-order valence-electron chi connectivity index (χ3n) is 2.23. The molecule has 1 aromatic rings. The molecule has 2 N–H and O–H groups in total. The maximum Gasteiger partial charge on any atom is 0.240 e. The predicted molar refractivity (Wildman–Crippen MR) is 56.1 cm³/mol. The molecule has 15 heavy (non-hydrogen) atoms. The second kappa shape index (κ2) is 5.50. The Morgan fingerprint density at radius 1 is 1.60 bits per heavy atom. The molecule has 1 aromatic heterocycles. The fourth-order valence-corrected chi connectivity index (χ4v) is 1.22. The van der Waals surface area contributed by atoms with E-state index in [1.54, 1.807) is 23.3 Å². The minimum atomic E-state index is -0.180. The quantitative estimate of drug-likeness (QED) is 0.721. The van der Waals surface area contributed by atoms with Gasteiger partial charge >= 0.3 is 0 Å². The van der Waals surface area contributed by atoms with E-state index in [9.17, 15) is 4.79 Å². The van der Waals surface area contributed by atoms with Gasteiger partial charge in [-0.15, -0.1) is 0 Å². The topological polar surface area (TPSA) is 67.2 Å². The largest absolute Gasteiger partial charge is 0.394 e. The lowest BCUT2D eigenvalue weighted by Crippen LogP contribution is -2.42. The zero-order valence-electron chi connectivity index (χ0n) is 9.05. The summed E-state index contributed by atoms with van der Waals surface area (Å²) in [6, 6.07) is -0.180. The summed E-state index contributed by atoms with van der Waals surface area (Å²) in [5.74, 6) is 0.113. The predicted octanol–water partition coefficient (Wildman–Crippen LogP) is 0.0162. The number of amides is 1. The van der Waals surface area contributed by atoms with Crippen molar-refractivity contribution in [2.45, 2.75) is 26.4 Å². The van der Waals surface area contributed by atoms with Gasteiger partial charge in [-0.2, -0.15) is 0 Å². The first-order chi connectivity index (χ1) is 7.13. The normalized spacial score (nSPS) is 12.8. The van der Waals surface area contributed by atoms with Gasteiger partial charge in [0.1, 0.15) is 6.54 Å². The first kappa shape index (κ1) is 11.7. The standard InChI is InChI=1S/C10H17N3O2/c1-8(2)9(6-14)12-10(15)5-13-4-3-11-7-13/h3-4,7-9,14H,5-6H2,1-2H3,(H,12,15)/t9-/m1/s1. The molecule has 1 heterocycles. The molecule has 5 heteroatoms. The van der Waals surface area contributed by atoms with Crippen LogP contribution in [0.5, 0.6) is 0 Å². The summed E-state index contributed by atoms with van der Waals surface area (Å²) in [4.78, 5) is 15.4. The summed E-state index contributed by atoms with van der Waals surface area (Å²) in [6.45, 7) is 4.12. The molecule has 0 saturated carbocycles. The molecular formula is C10H17N3O2. The Morgan fingerprint density at radius 3 is 2.80 bits per heavy atom. The Kier molecular flexibility index (Phi) is 4.30. The van der Waals surface area contributed by atoms with E-state index < -0.39 is 0 Å². The van der Waals surface area contributed by atoms with Gasteiger partial charge in [0.15, 0.2) is 0 Å². The summed E-state index contributed by atoms with van der Waals surface area (Å²) in [7, 11) is 0. The Hall–Kier alpha value is -1.36. The highest BCUT2D eigenvalue weighted by Crippen LogP contribution is 2.00. The smallest absolute Gasteiger partial charge is 0.240 e. The molecule has 1 atom stereocenters. The highest BCUT2D eigenvalue weighted by Gasteiger charge is 2.14. The number of hydrogen-bond donors (Lipinski definition) is 2. The molecule has 0 aliphatic carbocycles. The number of aliphatic hydroxyl groups excluding tert-OH is 1. The van der Waals surface area contributed by atoms with E-state index in [4.69, 9.17) is 5.11 Å². The molecule has 5 nitrogen and oxygen atoms in total. The van der Waals surface area contributed by atoms with Crippen molar-refractivity contribution in [3.05, 3.63) is 18.7 Å². The van der Waals surface area contributed by atoms with Crippen molar-refractivity contribution >= 4 is 5.91 Å². The van der Waals surface area contributed by atoms with Crippen molar-refractivity contribution in [2.75, 3.05) is 6.61 Å². The van der Waals surface area contributed by atoms with E-state index in [1.807, 2.05) is 13.8 Å². The fraction of sp³-hybridized carbons (Fsp3) is 0.600. The highest BCUT2D eigenvalue weighted by atomic mass is 16.3. The monoisotopic (exact) mass is 211 g/mol. The minimum Gasteiger partial charge on any atom is -0.394 e. The SMILES string of the molecule is CC(C)[C@@H](CO)NC(=O)Cn1ccnc1. The van der Waals surface area contributed by atoms with Crippen molar-refractivity contribution in [3.8, 4) is 0 Å². The van der Waals surface area contributed by atoms with Gasteiger partial charge in [0.05, 0.1) is 19.0 Å². The highest BCUT2D eigenvalue weighted by molar-refractivity contribution is 5.76. The van der Waals surface area contributed by atoms with E-state index in [2.05, 4.69) is 10.3 Å². The van der Waals surface area contributed by atoms with Crippen LogP contribution < -0.4 is 5.32 Å². The molecule has 0 saturated heterocycles. The molecule has 0 spiro atoms. The molecule has 84 valence electrons. The Labute approximate surface area is 89.1 Å². The minimum absolute atomic E-state index is 0.0344. The number of carbonyl (C=O) groups excluding carboxylic acids is 1. The first-order valence-electron chi connectivity index (χ1n) is 4.99. The molecule has 1 rings (SSSR count). The second-order valence-corrected chi connectivity index (χ2v) is 3.84. The van der Waals surface area contributed by atoms with E-state index >= 15 is 0 Å². The summed E-state index contributed by atoms with van der Waals surface area (Å²) >= 11 is 0.